The van der Waals surface area contributed by atoms with Crippen molar-refractivity contribution < 1.29 is 52.2 Å². The molecule has 6 atom stereocenters. The maximum atomic E-state index is 13.7. The van der Waals surface area contributed by atoms with Gasteiger partial charge in [-0.25, -0.2) is 0 Å². The number of carbonyl (C=O) groups is 5. The molecule has 29 heavy (non-hydrogen) atoms. The monoisotopic (exact) mass is 436 g/mol. The second-order valence-corrected chi connectivity index (χ2v) is 9.94. The summed E-state index contributed by atoms with van der Waals surface area (Å²) in [4.78, 5) is 57.9. The molecular weight excluding hydrogens is 411 g/mol. The summed E-state index contributed by atoms with van der Waals surface area (Å²) in [6.07, 6.45) is -4.34. The molecule has 1 saturated heterocycles. The third kappa shape index (κ3) is 6.56. The lowest BCUT2D eigenvalue weighted by molar-refractivity contribution is -0.197. The molecule has 11 nitrogen and oxygen atoms in total. The van der Waals surface area contributed by atoms with Crippen LogP contribution >= 0.6 is 7.14 Å². The van der Waals surface area contributed by atoms with Crippen LogP contribution in [-0.2, 0) is 52.2 Å². The highest BCUT2D eigenvalue weighted by atomic mass is 31.2. The van der Waals surface area contributed by atoms with Gasteiger partial charge in [-0.2, -0.15) is 0 Å². The average Bonchev–Trinajstić information content (AvgIpc) is 2.52. The van der Waals surface area contributed by atoms with Gasteiger partial charge in [-0.15, -0.1) is 0 Å². The zero-order chi connectivity index (χ0) is 22.5. The van der Waals surface area contributed by atoms with Crippen LogP contribution in [0.5, 0.6) is 0 Å². The van der Waals surface area contributed by atoms with Crippen LogP contribution in [0.1, 0.15) is 34.6 Å². The summed E-state index contributed by atoms with van der Waals surface area (Å²) in [6.45, 7) is 6.16. The van der Waals surface area contributed by atoms with Crippen LogP contribution in [0, 0.1) is 0 Å². The Morgan fingerprint density at radius 1 is 0.655 bits per heavy atom. The Morgan fingerprint density at radius 2 is 1.07 bits per heavy atom. The maximum Gasteiger partial charge on any atom is 0.303 e. The number of esters is 5. The molecule has 0 bridgehead atoms. The van der Waals surface area contributed by atoms with E-state index in [1.165, 1.54) is 6.66 Å². The zero-order valence-electron chi connectivity index (χ0n) is 17.0. The summed E-state index contributed by atoms with van der Waals surface area (Å²) in [7, 11) is -3.69. The maximum absolute atomic E-state index is 13.7. The van der Waals surface area contributed by atoms with Crippen LogP contribution < -0.4 is 0 Å². The number of carbonyl (C=O) groups excluding carboxylic acids is 5. The van der Waals surface area contributed by atoms with Crippen molar-refractivity contribution in [3.63, 3.8) is 0 Å². The van der Waals surface area contributed by atoms with E-state index in [1.54, 1.807) is 0 Å². The van der Waals surface area contributed by atoms with Gasteiger partial charge in [-0.1, -0.05) is 0 Å². The van der Waals surface area contributed by atoms with Crippen molar-refractivity contribution in [3.8, 4) is 0 Å². The van der Waals surface area contributed by atoms with Crippen LogP contribution in [0.4, 0.5) is 0 Å². The quantitative estimate of drug-likeness (QED) is 0.327. The van der Waals surface area contributed by atoms with Gasteiger partial charge in [0.05, 0.1) is 5.66 Å². The fraction of sp³-hybridized carbons (Fsp3) is 0.706. The molecule has 0 N–H and O–H groups in total. The lowest BCUT2D eigenvalue weighted by Gasteiger charge is -2.47. The molecule has 1 heterocycles. The van der Waals surface area contributed by atoms with Gasteiger partial charge in [-0.05, 0) is 6.66 Å². The normalized spacial score (nSPS) is 31.2. The van der Waals surface area contributed by atoms with E-state index < -0.39 is 73.4 Å². The standard InChI is InChI=1S/C17H25O11P/c1-8(18)24-7-13-14(25-9(2)19)15(26-10(3)20)16(27-11(4)21)17(28-12(5)22)29(13,6)23/h13-17H,7H2,1-6H3/t13-,14+,15-,16-,17-,29-/m0/s1. The molecule has 1 fully saturated rings. The summed E-state index contributed by atoms with van der Waals surface area (Å²) in [6, 6.07) is 0. The third-order valence-corrected chi connectivity index (χ3v) is 7.29. The lowest BCUT2D eigenvalue weighted by atomic mass is 10.0. The van der Waals surface area contributed by atoms with Gasteiger partial charge >= 0.3 is 29.8 Å². The predicted molar refractivity (Wildman–Crippen MR) is 96.2 cm³/mol. The van der Waals surface area contributed by atoms with Gasteiger partial charge in [-0.3, -0.25) is 24.0 Å². The molecule has 0 amide bonds. The molecule has 1 aliphatic heterocycles. The summed E-state index contributed by atoms with van der Waals surface area (Å²) in [5.41, 5.74) is -1.18. The second-order valence-electron chi connectivity index (χ2n) is 6.65. The van der Waals surface area contributed by atoms with Gasteiger partial charge in [0.1, 0.15) is 13.7 Å². The van der Waals surface area contributed by atoms with Gasteiger partial charge in [0.2, 0.25) is 0 Å². The smallest absolute Gasteiger partial charge is 0.303 e. The zero-order valence-corrected chi connectivity index (χ0v) is 17.9. The van der Waals surface area contributed by atoms with Crippen LogP contribution in [0.15, 0.2) is 0 Å². The predicted octanol–water partition coefficient (Wildman–Crippen LogP) is 0.609. The molecule has 1 aliphatic rings. The van der Waals surface area contributed by atoms with Gasteiger partial charge in [0, 0.05) is 34.6 Å². The van der Waals surface area contributed by atoms with E-state index in [-0.39, 0.29) is 0 Å². The molecule has 0 aliphatic carbocycles. The van der Waals surface area contributed by atoms with E-state index in [0.29, 0.717) is 0 Å². The first-order valence-corrected chi connectivity index (χ1v) is 11.0. The fourth-order valence-corrected chi connectivity index (χ4v) is 5.84. The van der Waals surface area contributed by atoms with Gasteiger partial charge < -0.3 is 28.2 Å². The van der Waals surface area contributed by atoms with Crippen molar-refractivity contribution in [2.24, 2.45) is 0 Å². The first-order chi connectivity index (χ1) is 13.3. The van der Waals surface area contributed by atoms with Gasteiger partial charge in [0.15, 0.2) is 24.2 Å². The molecule has 0 saturated carbocycles. The highest BCUT2D eigenvalue weighted by Gasteiger charge is 2.61. The molecule has 164 valence electrons. The molecule has 0 aromatic heterocycles. The Bertz CT molecular complexity index is 731. The Morgan fingerprint density at radius 3 is 1.48 bits per heavy atom. The second kappa shape index (κ2) is 9.87. The number of ether oxygens (including phenoxy) is 5. The molecule has 0 spiro atoms. The Hall–Kier alpha value is -2.42. The van der Waals surface area contributed by atoms with E-state index in [4.69, 9.17) is 23.7 Å². The lowest BCUT2D eigenvalue weighted by Crippen LogP contribution is -2.61. The van der Waals surface area contributed by atoms with Crippen LogP contribution in [0.3, 0.4) is 0 Å². The fourth-order valence-electron chi connectivity index (χ4n) is 3.11. The first-order valence-electron chi connectivity index (χ1n) is 8.66. The van der Waals surface area contributed by atoms with Gasteiger partial charge in [0.25, 0.3) is 0 Å². The summed E-state index contributed by atoms with van der Waals surface area (Å²) < 4.78 is 39.4. The average molecular weight is 436 g/mol. The van der Waals surface area contributed by atoms with Crippen molar-refractivity contribution in [1.29, 1.82) is 0 Å². The topological polar surface area (TPSA) is 149 Å². The molecule has 0 aromatic carbocycles. The Labute approximate surface area is 167 Å². The van der Waals surface area contributed by atoms with Crippen molar-refractivity contribution in [2.45, 2.75) is 64.4 Å². The number of rotatable bonds is 6. The van der Waals surface area contributed by atoms with E-state index in [0.717, 1.165) is 34.6 Å². The molecular formula is C17H25O11P. The van der Waals surface area contributed by atoms with Crippen LogP contribution in [-0.4, -0.2) is 72.9 Å². The minimum atomic E-state index is -3.69. The van der Waals surface area contributed by atoms with Crippen molar-refractivity contribution in [1.82, 2.24) is 0 Å². The van der Waals surface area contributed by atoms with E-state index in [2.05, 4.69) is 0 Å². The van der Waals surface area contributed by atoms with Crippen LogP contribution in [0.2, 0.25) is 0 Å². The molecule has 0 aromatic rings. The van der Waals surface area contributed by atoms with E-state index in [9.17, 15) is 28.5 Å². The molecule has 12 heteroatoms. The van der Waals surface area contributed by atoms with Crippen LogP contribution in [0.25, 0.3) is 0 Å². The number of hydrogen-bond donors (Lipinski definition) is 0. The minimum absolute atomic E-state index is 0.469. The Balaban J connectivity index is 3.59. The summed E-state index contributed by atoms with van der Waals surface area (Å²) in [5.74, 6) is -5.47. The summed E-state index contributed by atoms with van der Waals surface area (Å²) >= 11 is 0. The van der Waals surface area contributed by atoms with Crippen molar-refractivity contribution >= 4 is 37.0 Å². The number of hydrogen-bond acceptors (Lipinski definition) is 11. The van der Waals surface area contributed by atoms with Crippen molar-refractivity contribution in [3.05, 3.63) is 0 Å². The molecule has 0 radical (unpaired) electrons. The largest absolute Gasteiger partial charge is 0.465 e. The Kier molecular flexibility index (Phi) is 8.37. The van der Waals surface area contributed by atoms with E-state index >= 15 is 0 Å². The van der Waals surface area contributed by atoms with E-state index in [1.807, 2.05) is 0 Å². The third-order valence-electron chi connectivity index (χ3n) is 4.12. The first kappa shape index (κ1) is 24.6. The summed E-state index contributed by atoms with van der Waals surface area (Å²) in [5, 5.41) is 0. The van der Waals surface area contributed by atoms with Crippen molar-refractivity contribution in [2.75, 3.05) is 13.3 Å². The highest BCUT2D eigenvalue weighted by Crippen LogP contribution is 2.60. The molecule has 1 rings (SSSR count). The highest BCUT2D eigenvalue weighted by molar-refractivity contribution is 7.64. The molecule has 0 unspecified atom stereocenters. The minimum Gasteiger partial charge on any atom is -0.465 e. The SMILES string of the molecule is CC(=O)OC[C@H]1[C@@H](OC(C)=O)[C@H](OC(C)=O)[C@H](OC(C)=O)[C@@H](OC(C)=O)[P@@]1(C)=O.